The highest BCUT2D eigenvalue weighted by atomic mass is 16.1. The van der Waals surface area contributed by atoms with E-state index >= 15 is 0 Å². The summed E-state index contributed by atoms with van der Waals surface area (Å²) in [6, 6.07) is 27.3. The van der Waals surface area contributed by atoms with Crippen molar-refractivity contribution in [2.24, 2.45) is 0 Å². The molecule has 36 heavy (non-hydrogen) atoms. The van der Waals surface area contributed by atoms with Gasteiger partial charge in [0, 0.05) is 11.4 Å². The molecule has 0 saturated carbocycles. The molecule has 0 amide bonds. The van der Waals surface area contributed by atoms with Crippen LogP contribution in [-0.2, 0) is 0 Å². The Kier molecular flexibility index (Phi) is 5.93. The van der Waals surface area contributed by atoms with Crippen LogP contribution in [0.4, 0.5) is 11.8 Å². The number of anilines is 2. The van der Waals surface area contributed by atoms with E-state index in [0.29, 0.717) is 11.2 Å². The van der Waals surface area contributed by atoms with E-state index in [1.54, 1.807) is 4.57 Å². The molecule has 0 spiro atoms. The minimum atomic E-state index is -0.383. The number of nitrogens with one attached hydrogen (secondary N) is 1. The van der Waals surface area contributed by atoms with Gasteiger partial charge in [0.05, 0.1) is 17.6 Å². The van der Waals surface area contributed by atoms with Gasteiger partial charge in [-0.05, 0) is 48.6 Å². The van der Waals surface area contributed by atoms with E-state index in [-0.39, 0.29) is 23.1 Å². The first-order chi connectivity index (χ1) is 17.5. The summed E-state index contributed by atoms with van der Waals surface area (Å²) in [4.78, 5) is 22.3. The van der Waals surface area contributed by atoms with Crippen molar-refractivity contribution in [3.63, 3.8) is 0 Å². The van der Waals surface area contributed by atoms with Crippen LogP contribution in [0, 0.1) is 18.3 Å². The zero-order valence-electron chi connectivity index (χ0n) is 19.9. The van der Waals surface area contributed by atoms with Crippen molar-refractivity contribution in [3.8, 4) is 22.9 Å². The first-order valence-electron chi connectivity index (χ1n) is 11.6. The van der Waals surface area contributed by atoms with Gasteiger partial charge in [0.1, 0.15) is 17.5 Å². The smallest absolute Gasteiger partial charge is 0.263 e. The Labute approximate surface area is 208 Å². The number of pyridine rings is 1. The number of fused-ring (bicyclic) bond motifs is 1. The molecule has 0 aliphatic carbocycles. The highest BCUT2D eigenvalue weighted by molar-refractivity contribution is 5.96. The van der Waals surface area contributed by atoms with Gasteiger partial charge < -0.3 is 11.1 Å². The van der Waals surface area contributed by atoms with Gasteiger partial charge in [0.2, 0.25) is 5.95 Å². The van der Waals surface area contributed by atoms with Crippen molar-refractivity contribution in [1.82, 2.24) is 14.5 Å². The molecule has 0 aliphatic heterocycles. The molecular formula is C29H24N6O. The molecule has 0 unspecified atom stereocenters. The van der Waals surface area contributed by atoms with Crippen LogP contribution in [0.25, 0.3) is 27.6 Å². The molecular weight excluding hydrogens is 448 g/mol. The fourth-order valence-corrected chi connectivity index (χ4v) is 4.38. The van der Waals surface area contributed by atoms with Gasteiger partial charge in [-0.3, -0.25) is 9.36 Å². The van der Waals surface area contributed by atoms with Crippen LogP contribution < -0.4 is 16.6 Å². The van der Waals surface area contributed by atoms with E-state index in [9.17, 15) is 10.1 Å². The van der Waals surface area contributed by atoms with Crippen molar-refractivity contribution >= 4 is 22.5 Å². The number of nitrogens with zero attached hydrogens (tertiary/aromatic N) is 4. The lowest BCUT2D eigenvalue weighted by atomic mass is 9.97. The van der Waals surface area contributed by atoms with E-state index in [4.69, 9.17) is 5.73 Å². The summed E-state index contributed by atoms with van der Waals surface area (Å²) in [6.45, 7) is 3.96. The van der Waals surface area contributed by atoms with Crippen LogP contribution >= 0.6 is 0 Å². The number of benzene rings is 3. The summed E-state index contributed by atoms with van der Waals surface area (Å²) >= 11 is 0. The SMILES string of the molecule is Cc1ccc(-c2cccc3cc([C@H](C)Nc4nc(N)ncc4C#N)n(-c4ccccc4)c(=O)c23)cc1. The minimum Gasteiger partial charge on any atom is -0.368 e. The average Bonchev–Trinajstić information content (AvgIpc) is 2.89. The normalized spacial score (nSPS) is 11.7. The van der Waals surface area contributed by atoms with Gasteiger partial charge >= 0.3 is 0 Å². The lowest BCUT2D eigenvalue weighted by Crippen LogP contribution is -2.26. The van der Waals surface area contributed by atoms with Crippen molar-refractivity contribution in [2.75, 3.05) is 11.1 Å². The highest BCUT2D eigenvalue weighted by Gasteiger charge is 2.20. The standard InChI is InChI=1S/C29H24N6O/c1-18-11-13-20(14-12-18)24-10-6-7-21-15-25(19(2)33-27-22(16-30)17-32-29(31)34-27)35(28(36)26(21)24)23-8-4-3-5-9-23/h3-15,17,19H,1-2H3,(H3,31,32,33,34)/t19-/m0/s1. The lowest BCUT2D eigenvalue weighted by Gasteiger charge is -2.22. The van der Waals surface area contributed by atoms with E-state index in [0.717, 1.165) is 33.5 Å². The largest absolute Gasteiger partial charge is 0.368 e. The van der Waals surface area contributed by atoms with Gasteiger partial charge in [0.15, 0.2) is 0 Å². The molecule has 1 atom stereocenters. The Morgan fingerprint density at radius 2 is 1.78 bits per heavy atom. The van der Waals surface area contributed by atoms with Crippen molar-refractivity contribution < 1.29 is 0 Å². The number of nitrogen functional groups attached to an aromatic ring is 1. The molecule has 176 valence electrons. The Morgan fingerprint density at radius 3 is 2.50 bits per heavy atom. The average molecular weight is 473 g/mol. The molecule has 0 bridgehead atoms. The van der Waals surface area contributed by atoms with Gasteiger partial charge in [-0.15, -0.1) is 0 Å². The third kappa shape index (κ3) is 4.17. The Morgan fingerprint density at radius 1 is 1.03 bits per heavy atom. The maximum absolute atomic E-state index is 14.2. The van der Waals surface area contributed by atoms with E-state index in [2.05, 4.69) is 21.4 Å². The number of hydrogen-bond acceptors (Lipinski definition) is 6. The van der Waals surface area contributed by atoms with Crippen molar-refractivity contribution in [3.05, 3.63) is 112 Å². The number of rotatable bonds is 5. The lowest BCUT2D eigenvalue weighted by molar-refractivity contribution is 0.772. The van der Waals surface area contributed by atoms with Crippen LogP contribution in [0.15, 0.2) is 89.9 Å². The molecule has 3 N–H and O–H groups in total. The third-order valence-corrected chi connectivity index (χ3v) is 6.18. The zero-order valence-corrected chi connectivity index (χ0v) is 19.9. The van der Waals surface area contributed by atoms with Gasteiger partial charge in [0.25, 0.3) is 5.56 Å². The quantitative estimate of drug-likeness (QED) is 0.355. The molecule has 7 nitrogen and oxygen atoms in total. The number of nitrogens with two attached hydrogens (primary N) is 1. The first kappa shape index (κ1) is 22.8. The Hall–Kier alpha value is -4.96. The summed E-state index contributed by atoms with van der Waals surface area (Å²) in [5.74, 6) is 0.378. The van der Waals surface area contributed by atoms with Crippen LogP contribution in [0.2, 0.25) is 0 Å². The fraction of sp³-hybridized carbons (Fsp3) is 0.103. The Balaban J connectivity index is 1.74. The number of hydrogen-bond donors (Lipinski definition) is 2. The summed E-state index contributed by atoms with van der Waals surface area (Å²) < 4.78 is 1.72. The maximum Gasteiger partial charge on any atom is 0.263 e. The maximum atomic E-state index is 14.2. The van der Waals surface area contributed by atoms with Gasteiger partial charge in [-0.1, -0.05) is 66.2 Å². The molecule has 5 aromatic rings. The van der Waals surface area contributed by atoms with E-state index < -0.39 is 0 Å². The van der Waals surface area contributed by atoms with Crippen LogP contribution in [0.1, 0.15) is 29.8 Å². The molecule has 7 heteroatoms. The minimum absolute atomic E-state index is 0.0606. The van der Waals surface area contributed by atoms with Crippen LogP contribution in [-0.4, -0.2) is 14.5 Å². The number of nitriles is 1. The fourth-order valence-electron chi connectivity index (χ4n) is 4.38. The summed E-state index contributed by atoms with van der Waals surface area (Å²) in [5, 5.41) is 14.2. The zero-order chi connectivity index (χ0) is 25.2. The second-order valence-corrected chi connectivity index (χ2v) is 8.65. The van der Waals surface area contributed by atoms with E-state index in [1.165, 1.54) is 6.20 Å². The predicted octanol–water partition coefficient (Wildman–Crippen LogP) is 5.38. The number of aryl methyl sites for hydroxylation is 1. The first-order valence-corrected chi connectivity index (χ1v) is 11.6. The number of para-hydroxylation sites is 1. The molecule has 0 radical (unpaired) electrons. The molecule has 0 saturated heterocycles. The molecule has 2 heterocycles. The monoisotopic (exact) mass is 472 g/mol. The highest BCUT2D eigenvalue weighted by Crippen LogP contribution is 2.30. The molecule has 3 aromatic carbocycles. The van der Waals surface area contributed by atoms with Crippen molar-refractivity contribution in [2.45, 2.75) is 19.9 Å². The van der Waals surface area contributed by atoms with Crippen LogP contribution in [0.5, 0.6) is 0 Å². The molecule has 2 aromatic heterocycles. The third-order valence-electron chi connectivity index (χ3n) is 6.18. The summed E-state index contributed by atoms with van der Waals surface area (Å²) in [6.07, 6.45) is 1.38. The second-order valence-electron chi connectivity index (χ2n) is 8.65. The van der Waals surface area contributed by atoms with Crippen molar-refractivity contribution in [1.29, 1.82) is 5.26 Å². The molecule has 5 rings (SSSR count). The predicted molar refractivity (Wildman–Crippen MR) is 143 cm³/mol. The van der Waals surface area contributed by atoms with E-state index in [1.807, 2.05) is 92.7 Å². The van der Waals surface area contributed by atoms with Gasteiger partial charge in [-0.25, -0.2) is 4.98 Å². The molecule has 0 fully saturated rings. The summed E-state index contributed by atoms with van der Waals surface area (Å²) in [7, 11) is 0. The molecule has 0 aliphatic rings. The topological polar surface area (TPSA) is 110 Å². The second kappa shape index (κ2) is 9.35. The van der Waals surface area contributed by atoms with Crippen LogP contribution in [0.3, 0.4) is 0 Å². The number of aromatic nitrogens is 3. The summed E-state index contributed by atoms with van der Waals surface area (Å²) in [5.41, 5.74) is 10.4. The van der Waals surface area contributed by atoms with Gasteiger partial charge in [-0.2, -0.15) is 10.2 Å². The Bertz CT molecular complexity index is 1670.